The smallest absolute Gasteiger partial charge is 0.319 e. The lowest BCUT2D eigenvalue weighted by molar-refractivity contribution is -0.146. The van der Waals surface area contributed by atoms with Gasteiger partial charge in [-0.05, 0) is 25.2 Å². The molecule has 0 bridgehead atoms. The Morgan fingerprint density at radius 1 is 1.46 bits per heavy atom. The molecular formula is C18H27NO5. The summed E-state index contributed by atoms with van der Waals surface area (Å²) in [6.45, 7) is 5.16. The zero-order valence-electron chi connectivity index (χ0n) is 14.7. The highest BCUT2D eigenvalue weighted by Gasteiger charge is 2.78. The monoisotopic (exact) mass is 337 g/mol. The van der Waals surface area contributed by atoms with Crippen molar-refractivity contribution in [2.45, 2.75) is 57.3 Å². The van der Waals surface area contributed by atoms with Crippen LogP contribution in [0.5, 0.6) is 0 Å². The first-order valence-electron chi connectivity index (χ1n) is 9.09. The van der Waals surface area contributed by atoms with Gasteiger partial charge in [0.2, 0.25) is 0 Å². The summed E-state index contributed by atoms with van der Waals surface area (Å²) in [5.74, 6) is -0.0716. The number of carbonyl (C=O) groups excluding carboxylic acids is 2. The molecule has 4 aliphatic rings. The second kappa shape index (κ2) is 5.43. The van der Waals surface area contributed by atoms with E-state index in [-0.39, 0.29) is 53.5 Å². The van der Waals surface area contributed by atoms with Crippen molar-refractivity contribution >= 4 is 11.9 Å². The van der Waals surface area contributed by atoms with Crippen LogP contribution in [0.1, 0.15) is 39.5 Å². The van der Waals surface area contributed by atoms with Gasteiger partial charge < -0.3 is 19.5 Å². The summed E-state index contributed by atoms with van der Waals surface area (Å²) in [5, 5.41) is 3.04. The lowest BCUT2D eigenvalue weighted by Crippen LogP contribution is -2.54. The van der Waals surface area contributed by atoms with Gasteiger partial charge in [-0.25, -0.2) is 0 Å². The van der Waals surface area contributed by atoms with E-state index in [0.717, 1.165) is 12.8 Å². The molecule has 0 radical (unpaired) electrons. The molecule has 0 aromatic rings. The van der Waals surface area contributed by atoms with Crippen LogP contribution >= 0.6 is 0 Å². The van der Waals surface area contributed by atoms with Crippen LogP contribution < -0.4 is 5.32 Å². The van der Waals surface area contributed by atoms with E-state index in [4.69, 9.17) is 9.47 Å². The Hall–Kier alpha value is -1.14. The maximum atomic E-state index is 12.4. The van der Waals surface area contributed by atoms with Crippen molar-refractivity contribution in [1.29, 1.82) is 0 Å². The van der Waals surface area contributed by atoms with E-state index in [1.54, 1.807) is 0 Å². The number of nitrogens with one attached hydrogen (secondary N) is 1. The number of fused-ring (bicyclic) bond motifs is 2. The molecule has 2 aliphatic heterocycles. The number of esters is 2. The van der Waals surface area contributed by atoms with E-state index >= 15 is 0 Å². The first-order chi connectivity index (χ1) is 11.4. The van der Waals surface area contributed by atoms with Gasteiger partial charge in [0.25, 0.3) is 0 Å². The van der Waals surface area contributed by atoms with Crippen molar-refractivity contribution in [3.05, 3.63) is 0 Å². The summed E-state index contributed by atoms with van der Waals surface area (Å²) < 4.78 is 16.7. The lowest BCUT2D eigenvalue weighted by Gasteiger charge is -2.48. The molecule has 0 amide bonds. The highest BCUT2D eigenvalue weighted by molar-refractivity contribution is 5.76. The highest BCUT2D eigenvalue weighted by atomic mass is 16.6. The van der Waals surface area contributed by atoms with Gasteiger partial charge in [0, 0.05) is 17.9 Å². The molecule has 6 heteroatoms. The Morgan fingerprint density at radius 2 is 2.25 bits per heavy atom. The Morgan fingerprint density at radius 3 is 3.00 bits per heavy atom. The fourth-order valence-corrected chi connectivity index (χ4v) is 5.87. The number of epoxide rings is 1. The predicted octanol–water partition coefficient (Wildman–Crippen LogP) is 1.27. The predicted molar refractivity (Wildman–Crippen MR) is 85.1 cm³/mol. The summed E-state index contributed by atoms with van der Waals surface area (Å²) in [6, 6.07) is 0. The Kier molecular flexibility index (Phi) is 3.69. The molecule has 24 heavy (non-hydrogen) atoms. The third-order valence-corrected chi connectivity index (χ3v) is 7.06. The van der Waals surface area contributed by atoms with Crippen LogP contribution in [-0.2, 0) is 23.8 Å². The second-order valence-corrected chi connectivity index (χ2v) is 8.26. The zero-order valence-corrected chi connectivity index (χ0v) is 14.7. The molecule has 1 N–H and O–H groups in total. The standard InChI is InChI=1S/C18H27NO5/c1-10-5-4-6-17(2)7-12-14(15-18(10,17)24-15)11(16(21)23-12)8-19-9-13(20)22-3/h10-12,14-15,19H,4-9H2,1-3H3. The summed E-state index contributed by atoms with van der Waals surface area (Å²) in [5.41, 5.74) is 0.0477. The minimum Gasteiger partial charge on any atom is -0.468 e. The van der Waals surface area contributed by atoms with Crippen molar-refractivity contribution in [3.8, 4) is 0 Å². The largest absolute Gasteiger partial charge is 0.468 e. The summed E-state index contributed by atoms with van der Waals surface area (Å²) >= 11 is 0. The van der Waals surface area contributed by atoms with Crippen molar-refractivity contribution in [2.24, 2.45) is 23.2 Å². The minimum atomic E-state index is -0.325. The third-order valence-electron chi connectivity index (χ3n) is 7.06. The number of ether oxygens (including phenoxy) is 3. The van der Waals surface area contributed by atoms with Gasteiger partial charge in [-0.1, -0.05) is 20.3 Å². The van der Waals surface area contributed by atoms with Crippen molar-refractivity contribution in [3.63, 3.8) is 0 Å². The lowest BCUT2D eigenvalue weighted by atomic mass is 9.53. The fourth-order valence-electron chi connectivity index (χ4n) is 5.87. The van der Waals surface area contributed by atoms with Gasteiger partial charge in [0.05, 0.1) is 25.7 Å². The van der Waals surface area contributed by atoms with Gasteiger partial charge in [-0.2, -0.15) is 0 Å². The Balaban J connectivity index is 1.51. The first-order valence-corrected chi connectivity index (χ1v) is 9.09. The first kappa shape index (κ1) is 16.3. The normalized spacial score (nSPS) is 48.8. The average molecular weight is 337 g/mol. The molecule has 134 valence electrons. The Labute approximate surface area is 142 Å². The third kappa shape index (κ3) is 2.08. The van der Waals surface area contributed by atoms with E-state index in [1.165, 1.54) is 20.0 Å². The minimum absolute atomic E-state index is 0.0432. The number of hydrogen-bond donors (Lipinski definition) is 1. The molecule has 4 fully saturated rings. The van der Waals surface area contributed by atoms with Crippen LogP contribution in [0, 0.1) is 23.2 Å². The SMILES string of the molecule is COC(=O)CNCC1C(=O)OC2CC3(C)CCCC(C)C34OC4C21. The molecule has 2 heterocycles. The van der Waals surface area contributed by atoms with E-state index < -0.39 is 0 Å². The molecule has 7 atom stereocenters. The number of rotatable bonds is 4. The molecule has 0 aromatic carbocycles. The zero-order chi connectivity index (χ0) is 17.1. The van der Waals surface area contributed by atoms with Crippen molar-refractivity contribution in [1.82, 2.24) is 5.32 Å². The molecule has 0 aromatic heterocycles. The molecule has 6 nitrogen and oxygen atoms in total. The van der Waals surface area contributed by atoms with E-state index in [0.29, 0.717) is 12.5 Å². The van der Waals surface area contributed by atoms with E-state index in [1.807, 2.05) is 0 Å². The fraction of sp³-hybridized carbons (Fsp3) is 0.889. The van der Waals surface area contributed by atoms with Gasteiger partial charge in [-0.15, -0.1) is 0 Å². The topological polar surface area (TPSA) is 77.2 Å². The number of hydrogen-bond acceptors (Lipinski definition) is 6. The number of methoxy groups -OCH3 is 1. The van der Waals surface area contributed by atoms with Gasteiger partial charge >= 0.3 is 11.9 Å². The number of carbonyl (C=O) groups is 2. The maximum Gasteiger partial charge on any atom is 0.319 e. The van der Waals surface area contributed by atoms with Crippen molar-refractivity contribution in [2.75, 3.05) is 20.2 Å². The molecule has 4 rings (SSSR count). The molecule has 2 saturated heterocycles. The van der Waals surface area contributed by atoms with E-state index in [9.17, 15) is 9.59 Å². The van der Waals surface area contributed by atoms with Gasteiger partial charge in [0.15, 0.2) is 0 Å². The van der Waals surface area contributed by atoms with Crippen molar-refractivity contribution < 1.29 is 23.8 Å². The molecule has 2 saturated carbocycles. The van der Waals surface area contributed by atoms with Crippen LogP contribution in [0.3, 0.4) is 0 Å². The highest BCUT2D eigenvalue weighted by Crippen LogP contribution is 2.70. The van der Waals surface area contributed by atoms with Crippen LogP contribution in [0.2, 0.25) is 0 Å². The quantitative estimate of drug-likeness (QED) is 0.615. The molecule has 2 aliphatic carbocycles. The van der Waals surface area contributed by atoms with Crippen LogP contribution in [0.15, 0.2) is 0 Å². The molecular weight excluding hydrogens is 310 g/mol. The summed E-state index contributed by atoms with van der Waals surface area (Å²) in [4.78, 5) is 23.7. The van der Waals surface area contributed by atoms with Crippen LogP contribution in [-0.4, -0.2) is 49.9 Å². The summed E-state index contributed by atoms with van der Waals surface area (Å²) in [6.07, 6.45) is 4.55. The van der Waals surface area contributed by atoms with Crippen LogP contribution in [0.4, 0.5) is 0 Å². The van der Waals surface area contributed by atoms with Crippen LogP contribution in [0.25, 0.3) is 0 Å². The molecule has 7 unspecified atom stereocenters. The van der Waals surface area contributed by atoms with E-state index in [2.05, 4.69) is 23.9 Å². The van der Waals surface area contributed by atoms with Gasteiger partial charge in [-0.3, -0.25) is 9.59 Å². The van der Waals surface area contributed by atoms with Gasteiger partial charge in [0.1, 0.15) is 11.7 Å². The molecule has 1 spiro atoms. The Bertz CT molecular complexity index is 566. The maximum absolute atomic E-state index is 12.4. The average Bonchev–Trinajstić information content (AvgIpc) is 3.22. The summed E-state index contributed by atoms with van der Waals surface area (Å²) in [7, 11) is 1.36. The second-order valence-electron chi connectivity index (χ2n) is 8.26.